The molecule has 1 N–H and O–H groups in total. The Balaban J connectivity index is 1.90. The molecular formula is C22H19N3O4. The summed E-state index contributed by atoms with van der Waals surface area (Å²) < 4.78 is 11.2. The number of rotatable bonds is 7. The molecule has 1 aliphatic heterocycles. The summed E-state index contributed by atoms with van der Waals surface area (Å²) in [4.78, 5) is 14.3. The van der Waals surface area contributed by atoms with Crippen molar-refractivity contribution in [3.05, 3.63) is 58.8 Å². The van der Waals surface area contributed by atoms with Crippen LogP contribution in [0.15, 0.2) is 42.2 Å². The van der Waals surface area contributed by atoms with Crippen molar-refractivity contribution in [1.82, 2.24) is 4.90 Å². The number of carbonyl (C=O) groups excluding carboxylic acids is 1. The van der Waals surface area contributed by atoms with Crippen LogP contribution in [-0.2, 0) is 6.54 Å². The molecule has 0 unspecified atom stereocenters. The second-order valence-corrected chi connectivity index (χ2v) is 6.34. The molecule has 7 heteroatoms. The van der Waals surface area contributed by atoms with Crippen LogP contribution in [0, 0.1) is 22.7 Å². The van der Waals surface area contributed by atoms with Crippen LogP contribution >= 0.6 is 0 Å². The maximum absolute atomic E-state index is 12.8. The molecule has 1 aliphatic rings. The van der Waals surface area contributed by atoms with Crippen LogP contribution in [0.1, 0.15) is 28.4 Å². The minimum absolute atomic E-state index is 0.0134. The van der Waals surface area contributed by atoms with E-state index in [1.54, 1.807) is 23.1 Å². The maximum Gasteiger partial charge on any atom is 0.231 e. The summed E-state index contributed by atoms with van der Waals surface area (Å²) in [5.74, 6) is 0.789. The van der Waals surface area contributed by atoms with Crippen LogP contribution in [-0.4, -0.2) is 35.5 Å². The molecule has 3 rings (SSSR count). The zero-order valence-corrected chi connectivity index (χ0v) is 15.9. The molecule has 146 valence electrons. The lowest BCUT2D eigenvalue weighted by Gasteiger charge is -2.17. The van der Waals surface area contributed by atoms with Gasteiger partial charge in [0.25, 0.3) is 0 Å². The van der Waals surface area contributed by atoms with Crippen molar-refractivity contribution in [2.45, 2.75) is 13.5 Å². The summed E-state index contributed by atoms with van der Waals surface area (Å²) in [5, 5.41) is 28.2. The molecule has 0 fully saturated rings. The Hall–Kier alpha value is -3.81. The zero-order valence-electron chi connectivity index (χ0n) is 15.9. The van der Waals surface area contributed by atoms with Crippen LogP contribution in [0.5, 0.6) is 17.2 Å². The summed E-state index contributed by atoms with van der Waals surface area (Å²) in [6.07, 6.45) is 1.63. The molecule has 0 atom stereocenters. The van der Waals surface area contributed by atoms with Crippen molar-refractivity contribution >= 4 is 11.9 Å². The number of nitriles is 2. The first-order valence-electron chi connectivity index (χ1n) is 9.05. The molecule has 0 spiro atoms. The van der Waals surface area contributed by atoms with E-state index in [9.17, 15) is 9.90 Å². The van der Waals surface area contributed by atoms with E-state index in [-0.39, 0.29) is 42.7 Å². The van der Waals surface area contributed by atoms with Gasteiger partial charge in [0.05, 0.1) is 43.0 Å². The number of hydrogen-bond acceptors (Lipinski definition) is 7. The van der Waals surface area contributed by atoms with Gasteiger partial charge in [-0.05, 0) is 42.8 Å². The van der Waals surface area contributed by atoms with Gasteiger partial charge in [0.2, 0.25) is 5.78 Å². The number of phenols is 1. The molecule has 0 aliphatic carbocycles. The lowest BCUT2D eigenvalue weighted by Crippen LogP contribution is -2.24. The van der Waals surface area contributed by atoms with Gasteiger partial charge in [0.1, 0.15) is 17.2 Å². The first-order valence-corrected chi connectivity index (χ1v) is 9.05. The van der Waals surface area contributed by atoms with Gasteiger partial charge >= 0.3 is 0 Å². The minimum atomic E-state index is -0.290. The maximum atomic E-state index is 12.8. The van der Waals surface area contributed by atoms with E-state index in [1.807, 2.05) is 31.2 Å². The molecule has 0 saturated heterocycles. The molecular weight excluding hydrogens is 370 g/mol. The lowest BCUT2D eigenvalue weighted by molar-refractivity contribution is 0.101. The lowest BCUT2D eigenvalue weighted by atomic mass is 10.0. The van der Waals surface area contributed by atoms with Gasteiger partial charge in [-0.25, -0.2) is 0 Å². The van der Waals surface area contributed by atoms with Gasteiger partial charge in [0.15, 0.2) is 5.76 Å². The third-order valence-electron chi connectivity index (χ3n) is 4.38. The van der Waals surface area contributed by atoms with E-state index < -0.39 is 0 Å². The molecule has 0 bridgehead atoms. The van der Waals surface area contributed by atoms with E-state index in [4.69, 9.17) is 20.0 Å². The quantitative estimate of drug-likeness (QED) is 0.572. The fraction of sp³-hybridized carbons (Fsp3) is 0.227. The number of nitrogens with zero attached hydrogens (tertiary/aromatic N) is 3. The average Bonchev–Trinajstić information content (AvgIpc) is 3.02. The fourth-order valence-electron chi connectivity index (χ4n) is 3.02. The number of ether oxygens (including phenoxy) is 2. The van der Waals surface area contributed by atoms with Gasteiger partial charge in [0, 0.05) is 6.54 Å². The molecule has 2 aromatic rings. The first kappa shape index (κ1) is 19.9. The molecule has 0 saturated carbocycles. The topological polar surface area (TPSA) is 107 Å². The van der Waals surface area contributed by atoms with Gasteiger partial charge in [-0.2, -0.15) is 10.5 Å². The fourth-order valence-corrected chi connectivity index (χ4v) is 3.02. The second-order valence-electron chi connectivity index (χ2n) is 6.34. The zero-order chi connectivity index (χ0) is 20.8. The predicted molar refractivity (Wildman–Crippen MR) is 105 cm³/mol. The Labute approximate surface area is 168 Å². The summed E-state index contributed by atoms with van der Waals surface area (Å²) in [6, 6.07) is 14.2. The minimum Gasteiger partial charge on any atom is -0.507 e. The Morgan fingerprint density at radius 1 is 1.14 bits per heavy atom. The number of phenolic OH excluding ortho intramolecular Hbond substituents is 1. The highest BCUT2D eigenvalue weighted by Gasteiger charge is 2.31. The number of aromatic hydroxyl groups is 1. The van der Waals surface area contributed by atoms with E-state index in [1.165, 1.54) is 12.1 Å². The van der Waals surface area contributed by atoms with Crippen LogP contribution < -0.4 is 9.47 Å². The number of fused-ring (bicyclic) bond motifs is 1. The summed E-state index contributed by atoms with van der Waals surface area (Å²) >= 11 is 0. The Morgan fingerprint density at radius 3 is 2.45 bits per heavy atom. The summed E-state index contributed by atoms with van der Waals surface area (Å²) in [6.45, 7) is 2.61. The first-order chi connectivity index (χ1) is 14.1. The highest BCUT2D eigenvalue weighted by molar-refractivity contribution is 6.15. The Morgan fingerprint density at radius 2 is 1.83 bits per heavy atom. The molecule has 2 aromatic carbocycles. The summed E-state index contributed by atoms with van der Waals surface area (Å²) in [5.41, 5.74) is 1.48. The van der Waals surface area contributed by atoms with Gasteiger partial charge < -0.3 is 14.6 Å². The number of Topliss-reactive ketones (excluding diaryl/α,β-unsaturated/α-hetero) is 1. The molecule has 0 radical (unpaired) electrons. The third-order valence-corrected chi connectivity index (χ3v) is 4.38. The average molecular weight is 389 g/mol. The number of hydrogen-bond donors (Lipinski definition) is 1. The van der Waals surface area contributed by atoms with Gasteiger partial charge in [-0.3, -0.25) is 9.69 Å². The Kier molecular flexibility index (Phi) is 6.13. The van der Waals surface area contributed by atoms with Crippen molar-refractivity contribution < 1.29 is 19.4 Å². The monoisotopic (exact) mass is 389 g/mol. The van der Waals surface area contributed by atoms with Crippen LogP contribution in [0.4, 0.5) is 0 Å². The molecule has 0 amide bonds. The number of carbonyl (C=O) groups is 1. The number of ketones is 1. The molecule has 7 nitrogen and oxygen atoms in total. The van der Waals surface area contributed by atoms with Crippen LogP contribution in [0.2, 0.25) is 0 Å². The molecule has 0 aromatic heterocycles. The third kappa shape index (κ3) is 4.37. The SMILES string of the molecule is CCOc1ccc(C=C2Oc3c(ccc(O)c3CN(CC#N)CC#N)C2=O)cc1. The van der Waals surface area contributed by atoms with E-state index in [0.717, 1.165) is 11.3 Å². The Bertz CT molecular complexity index is 1010. The number of benzene rings is 2. The second kappa shape index (κ2) is 8.92. The van der Waals surface area contributed by atoms with Crippen LogP contribution in [0.25, 0.3) is 6.08 Å². The normalized spacial score (nSPS) is 13.7. The van der Waals surface area contributed by atoms with E-state index >= 15 is 0 Å². The van der Waals surface area contributed by atoms with Crippen molar-refractivity contribution in [2.24, 2.45) is 0 Å². The summed E-state index contributed by atoms with van der Waals surface area (Å²) in [7, 11) is 0. The predicted octanol–water partition coefficient (Wildman–Crippen LogP) is 3.26. The van der Waals surface area contributed by atoms with E-state index in [2.05, 4.69) is 0 Å². The molecule has 1 heterocycles. The van der Waals surface area contributed by atoms with Gasteiger partial charge in [-0.1, -0.05) is 12.1 Å². The van der Waals surface area contributed by atoms with Crippen LogP contribution in [0.3, 0.4) is 0 Å². The van der Waals surface area contributed by atoms with E-state index in [0.29, 0.717) is 17.7 Å². The van der Waals surface area contributed by atoms with Crippen molar-refractivity contribution in [3.8, 4) is 29.4 Å². The highest BCUT2D eigenvalue weighted by atomic mass is 16.5. The van der Waals surface area contributed by atoms with Crippen molar-refractivity contribution in [1.29, 1.82) is 10.5 Å². The standard InChI is InChI=1S/C22H19N3O4/c1-2-28-16-5-3-15(4-6-16)13-20-21(27)17-7-8-19(26)18(22(17)29-20)14-25(11-9-23)12-10-24/h3-8,13,26H,2,11-12,14H2,1H3. The van der Waals surface area contributed by atoms with Crippen molar-refractivity contribution in [2.75, 3.05) is 19.7 Å². The smallest absolute Gasteiger partial charge is 0.231 e. The van der Waals surface area contributed by atoms with Crippen molar-refractivity contribution in [3.63, 3.8) is 0 Å². The number of allylic oxidation sites excluding steroid dienone is 1. The highest BCUT2D eigenvalue weighted by Crippen LogP contribution is 2.40. The molecule has 29 heavy (non-hydrogen) atoms. The largest absolute Gasteiger partial charge is 0.507 e. The van der Waals surface area contributed by atoms with Gasteiger partial charge in [-0.15, -0.1) is 0 Å².